The predicted octanol–water partition coefficient (Wildman–Crippen LogP) is 2.53. The maximum Gasteiger partial charge on any atom is 0.414 e. The molecule has 2 aromatic rings. The summed E-state index contributed by atoms with van der Waals surface area (Å²) in [6.45, 7) is 2.52. The Hall–Kier alpha value is -3.58. The molecule has 2 aliphatic heterocycles. The molecule has 3 fully saturated rings. The number of rotatable bonds is 5. The average Bonchev–Trinajstić information content (AvgIpc) is 3.09. The SMILES string of the molecule is CC(=O)NC[C@H]1CN(c2cc(F)c(-c3ccc(C4(C#N)[C@@H]5COC[C@@H]54)nc3)c(F)c2)C(=O)O1. The van der Waals surface area contributed by atoms with Crippen LogP contribution in [0.5, 0.6) is 0 Å². The molecule has 0 radical (unpaired) electrons. The lowest BCUT2D eigenvalue weighted by molar-refractivity contribution is -0.119. The van der Waals surface area contributed by atoms with Gasteiger partial charge in [-0.3, -0.25) is 14.7 Å². The lowest BCUT2D eigenvalue weighted by atomic mass is 9.96. The number of hydrogen-bond acceptors (Lipinski definition) is 6. The highest BCUT2D eigenvalue weighted by atomic mass is 19.1. The van der Waals surface area contributed by atoms with E-state index in [2.05, 4.69) is 16.4 Å². The number of nitrogens with one attached hydrogen (secondary N) is 1. The van der Waals surface area contributed by atoms with Crippen molar-refractivity contribution in [3.63, 3.8) is 0 Å². The van der Waals surface area contributed by atoms with Gasteiger partial charge in [-0.05, 0) is 18.2 Å². The molecule has 1 aliphatic carbocycles. The van der Waals surface area contributed by atoms with Crippen LogP contribution in [0, 0.1) is 34.8 Å². The molecule has 4 atom stereocenters. The van der Waals surface area contributed by atoms with E-state index in [1.807, 2.05) is 0 Å². The number of anilines is 1. The molecule has 8 nitrogen and oxygen atoms in total. The number of halogens is 2. The van der Waals surface area contributed by atoms with Crippen molar-refractivity contribution in [1.29, 1.82) is 5.26 Å². The van der Waals surface area contributed by atoms with Crippen LogP contribution in [0.1, 0.15) is 12.6 Å². The Morgan fingerprint density at radius 1 is 1.30 bits per heavy atom. The molecule has 1 N–H and O–H groups in total. The van der Waals surface area contributed by atoms with Crippen LogP contribution in [0.3, 0.4) is 0 Å². The van der Waals surface area contributed by atoms with Gasteiger partial charge in [-0.2, -0.15) is 5.26 Å². The second-order valence-corrected chi connectivity index (χ2v) is 8.50. The van der Waals surface area contributed by atoms with Crippen molar-refractivity contribution in [3.8, 4) is 17.2 Å². The standard InChI is InChI=1S/C23H20F2N4O4/c1-12(30)27-7-15-8-29(22(31)33-15)14-4-18(24)21(19(25)5-14)13-2-3-20(28-6-13)23(11-26)16-9-32-10-17(16)23/h2-6,15-17H,7-10H2,1H3,(H,27,30)/t15-,16-,17+,23?/m0/s1. The Labute approximate surface area is 188 Å². The van der Waals surface area contributed by atoms with Gasteiger partial charge in [-0.1, -0.05) is 6.07 Å². The van der Waals surface area contributed by atoms with Gasteiger partial charge in [0.15, 0.2) is 0 Å². The van der Waals surface area contributed by atoms with Gasteiger partial charge in [-0.25, -0.2) is 13.6 Å². The maximum atomic E-state index is 15.0. The Morgan fingerprint density at radius 2 is 2.00 bits per heavy atom. The summed E-state index contributed by atoms with van der Waals surface area (Å²) in [5.74, 6) is -1.79. The summed E-state index contributed by atoms with van der Waals surface area (Å²) in [5, 5.41) is 12.2. The molecule has 33 heavy (non-hydrogen) atoms. The van der Waals surface area contributed by atoms with Crippen LogP contribution in [0.4, 0.5) is 19.3 Å². The zero-order chi connectivity index (χ0) is 23.3. The number of hydrogen-bond donors (Lipinski definition) is 1. The smallest absolute Gasteiger partial charge is 0.414 e. The van der Waals surface area contributed by atoms with Crippen molar-refractivity contribution in [3.05, 3.63) is 47.8 Å². The van der Waals surface area contributed by atoms with Gasteiger partial charge in [0.2, 0.25) is 5.91 Å². The highest BCUT2D eigenvalue weighted by molar-refractivity contribution is 5.90. The second-order valence-electron chi connectivity index (χ2n) is 8.50. The molecule has 0 spiro atoms. The fraction of sp³-hybridized carbons (Fsp3) is 0.391. The normalized spacial score (nSPS) is 27.6. The van der Waals surface area contributed by atoms with Gasteiger partial charge in [0.1, 0.15) is 23.2 Å². The molecule has 1 aromatic carbocycles. The minimum atomic E-state index is -0.857. The first kappa shape index (κ1) is 21.3. The molecule has 5 rings (SSSR count). The van der Waals surface area contributed by atoms with E-state index in [0.29, 0.717) is 18.9 Å². The quantitative estimate of drug-likeness (QED) is 0.745. The molecule has 1 unspecified atom stereocenters. The lowest BCUT2D eigenvalue weighted by Crippen LogP contribution is -2.33. The molecule has 1 aromatic heterocycles. The second kappa shape index (κ2) is 7.78. The van der Waals surface area contributed by atoms with E-state index in [-0.39, 0.29) is 47.6 Å². The maximum absolute atomic E-state index is 15.0. The molecule has 0 bridgehead atoms. The lowest BCUT2D eigenvalue weighted by Gasteiger charge is -2.16. The number of aromatic nitrogens is 1. The van der Waals surface area contributed by atoms with Crippen molar-refractivity contribution >= 4 is 17.7 Å². The van der Waals surface area contributed by atoms with Gasteiger partial charge in [0.05, 0.1) is 49.3 Å². The zero-order valence-corrected chi connectivity index (χ0v) is 17.7. The molecule has 1 saturated carbocycles. The Bertz CT molecular complexity index is 1150. The summed E-state index contributed by atoms with van der Waals surface area (Å²) in [4.78, 5) is 28.7. The predicted molar refractivity (Wildman–Crippen MR) is 111 cm³/mol. The number of amides is 2. The number of nitrogens with zero attached hydrogens (tertiary/aromatic N) is 3. The molecule has 2 amide bonds. The van der Waals surface area contributed by atoms with Gasteiger partial charge in [0, 0.05) is 30.5 Å². The molecule has 10 heteroatoms. The van der Waals surface area contributed by atoms with Gasteiger partial charge < -0.3 is 14.8 Å². The number of fused-ring (bicyclic) bond motifs is 1. The number of carbonyl (C=O) groups is 2. The fourth-order valence-corrected chi connectivity index (χ4v) is 4.83. The summed E-state index contributed by atoms with van der Waals surface area (Å²) in [6.07, 6.45) is -0.00895. The van der Waals surface area contributed by atoms with Crippen LogP contribution in [-0.4, -0.2) is 49.4 Å². The van der Waals surface area contributed by atoms with E-state index in [0.717, 1.165) is 17.0 Å². The molecular weight excluding hydrogens is 434 g/mol. The number of pyridine rings is 1. The van der Waals surface area contributed by atoms with E-state index < -0.39 is 29.2 Å². The monoisotopic (exact) mass is 454 g/mol. The third kappa shape index (κ3) is 3.40. The summed E-state index contributed by atoms with van der Waals surface area (Å²) < 4.78 is 40.4. The van der Waals surface area contributed by atoms with Crippen molar-refractivity contribution < 1.29 is 27.8 Å². The van der Waals surface area contributed by atoms with E-state index >= 15 is 0 Å². The first-order valence-electron chi connectivity index (χ1n) is 10.5. The van der Waals surface area contributed by atoms with Crippen LogP contribution < -0.4 is 10.2 Å². The summed E-state index contributed by atoms with van der Waals surface area (Å²) in [7, 11) is 0. The van der Waals surface area contributed by atoms with Crippen LogP contribution in [0.15, 0.2) is 30.5 Å². The number of nitriles is 1. The number of cyclic esters (lactones) is 1. The van der Waals surface area contributed by atoms with E-state index in [1.54, 1.807) is 12.1 Å². The minimum Gasteiger partial charge on any atom is -0.442 e. The Balaban J connectivity index is 1.37. The topological polar surface area (TPSA) is 105 Å². The van der Waals surface area contributed by atoms with Crippen molar-refractivity contribution in [2.24, 2.45) is 11.8 Å². The number of carbonyl (C=O) groups excluding carboxylic acids is 2. The number of benzene rings is 1. The Kier molecular flexibility index (Phi) is 5.01. The molecule has 2 saturated heterocycles. The first-order chi connectivity index (χ1) is 15.8. The van der Waals surface area contributed by atoms with Crippen LogP contribution in [0.2, 0.25) is 0 Å². The van der Waals surface area contributed by atoms with Crippen molar-refractivity contribution in [2.75, 3.05) is 31.2 Å². The summed E-state index contributed by atoms with van der Waals surface area (Å²) in [6, 6.07) is 7.66. The molecular formula is C23H20F2N4O4. The summed E-state index contributed by atoms with van der Waals surface area (Å²) >= 11 is 0. The van der Waals surface area contributed by atoms with Crippen LogP contribution >= 0.6 is 0 Å². The van der Waals surface area contributed by atoms with Crippen molar-refractivity contribution in [1.82, 2.24) is 10.3 Å². The molecule has 170 valence electrons. The molecule has 3 heterocycles. The fourth-order valence-electron chi connectivity index (χ4n) is 4.83. The van der Waals surface area contributed by atoms with E-state index in [1.165, 1.54) is 13.1 Å². The third-order valence-electron chi connectivity index (χ3n) is 6.59. The zero-order valence-electron chi connectivity index (χ0n) is 17.7. The van der Waals surface area contributed by atoms with Crippen LogP contribution in [0.25, 0.3) is 11.1 Å². The van der Waals surface area contributed by atoms with Gasteiger partial charge in [0.25, 0.3) is 0 Å². The minimum absolute atomic E-state index is 0.0166. The van der Waals surface area contributed by atoms with Gasteiger partial charge in [-0.15, -0.1) is 0 Å². The Morgan fingerprint density at radius 3 is 2.58 bits per heavy atom. The third-order valence-corrected chi connectivity index (χ3v) is 6.59. The summed E-state index contributed by atoms with van der Waals surface area (Å²) in [5.41, 5.74) is -0.146. The first-order valence-corrected chi connectivity index (χ1v) is 10.5. The highest BCUT2D eigenvalue weighted by Gasteiger charge is 2.70. The molecule has 3 aliphatic rings. The highest BCUT2D eigenvalue weighted by Crippen LogP contribution is 2.62. The average molecular weight is 454 g/mol. The van der Waals surface area contributed by atoms with E-state index in [9.17, 15) is 23.6 Å². The number of ether oxygens (including phenoxy) is 2. The van der Waals surface area contributed by atoms with E-state index in [4.69, 9.17) is 9.47 Å². The largest absolute Gasteiger partial charge is 0.442 e. The van der Waals surface area contributed by atoms with Crippen LogP contribution in [-0.2, 0) is 19.7 Å². The van der Waals surface area contributed by atoms with Crippen molar-refractivity contribution in [2.45, 2.75) is 18.4 Å². The van der Waals surface area contributed by atoms with Gasteiger partial charge >= 0.3 is 6.09 Å².